The van der Waals surface area contributed by atoms with E-state index in [0.29, 0.717) is 46.7 Å². The molecule has 0 spiro atoms. The van der Waals surface area contributed by atoms with Crippen molar-refractivity contribution in [2.75, 3.05) is 0 Å². The van der Waals surface area contributed by atoms with Crippen LogP contribution in [0, 0.1) is 6.92 Å². The van der Waals surface area contributed by atoms with Gasteiger partial charge in [0, 0.05) is 28.5 Å². The summed E-state index contributed by atoms with van der Waals surface area (Å²) in [6.45, 7) is 1.91. The van der Waals surface area contributed by atoms with Gasteiger partial charge >= 0.3 is 6.18 Å². The Kier molecular flexibility index (Phi) is 5.67. The van der Waals surface area contributed by atoms with E-state index < -0.39 is 17.3 Å². The van der Waals surface area contributed by atoms with Crippen molar-refractivity contribution in [3.63, 3.8) is 0 Å². The van der Waals surface area contributed by atoms with Crippen molar-refractivity contribution in [1.29, 1.82) is 0 Å². The van der Waals surface area contributed by atoms with Gasteiger partial charge < -0.3 is 4.42 Å². The highest BCUT2D eigenvalue weighted by Crippen LogP contribution is 2.37. The maximum absolute atomic E-state index is 14.2. The molecule has 6 rings (SSSR count). The van der Waals surface area contributed by atoms with Crippen LogP contribution in [0.5, 0.6) is 0 Å². The molecule has 0 radical (unpaired) electrons. The number of fused-ring (bicyclic) bond motifs is 1. The molecule has 0 aliphatic heterocycles. The molecule has 38 heavy (non-hydrogen) atoms. The Morgan fingerprint density at radius 1 is 0.974 bits per heavy atom. The lowest BCUT2D eigenvalue weighted by Crippen LogP contribution is -2.28. The lowest BCUT2D eigenvalue weighted by Gasteiger charge is -2.18. The first-order valence-electron chi connectivity index (χ1n) is 12.0. The van der Waals surface area contributed by atoms with Gasteiger partial charge in [-0.3, -0.25) is 4.79 Å². The fraction of sp³-hybridized carbons (Fsp3) is 0.179. The molecule has 0 saturated carbocycles. The second kappa shape index (κ2) is 9.05. The summed E-state index contributed by atoms with van der Waals surface area (Å²) in [4.78, 5) is 17.6. The average molecular weight is 515 g/mol. The van der Waals surface area contributed by atoms with E-state index >= 15 is 0 Å². The maximum Gasteiger partial charge on any atom is 0.418 e. The van der Waals surface area contributed by atoms with Gasteiger partial charge in [0.2, 0.25) is 0 Å². The van der Waals surface area contributed by atoms with Crippen LogP contribution >= 0.6 is 0 Å². The third kappa shape index (κ3) is 4.17. The quantitative estimate of drug-likeness (QED) is 0.300. The number of nitrogens with zero attached hydrogens (tertiary/aromatic N) is 5. The summed E-state index contributed by atoms with van der Waals surface area (Å²) in [7, 11) is 0. The highest BCUT2D eigenvalue weighted by Gasteiger charge is 2.36. The minimum absolute atomic E-state index is 0.357. The Labute approximate surface area is 214 Å². The first-order chi connectivity index (χ1) is 18.3. The molecule has 0 N–H and O–H groups in total. The van der Waals surface area contributed by atoms with E-state index in [2.05, 4.69) is 20.3 Å². The normalized spacial score (nSPS) is 13.1. The summed E-state index contributed by atoms with van der Waals surface area (Å²) in [5.41, 5.74) is 2.96. The van der Waals surface area contributed by atoms with Crippen molar-refractivity contribution in [2.45, 2.75) is 32.4 Å². The fourth-order valence-electron chi connectivity index (χ4n) is 4.95. The van der Waals surface area contributed by atoms with E-state index in [9.17, 15) is 18.0 Å². The summed E-state index contributed by atoms with van der Waals surface area (Å²) in [6.07, 6.45) is 1.49. The summed E-state index contributed by atoms with van der Waals surface area (Å²) in [5, 5.41) is 12.4. The predicted molar refractivity (Wildman–Crippen MR) is 134 cm³/mol. The molecular formula is C28H20F3N5O2. The zero-order valence-corrected chi connectivity index (χ0v) is 20.2. The van der Waals surface area contributed by atoms with Crippen LogP contribution in [0.3, 0.4) is 0 Å². The topological polar surface area (TPSA) is 86.7 Å². The summed E-state index contributed by atoms with van der Waals surface area (Å²) >= 11 is 0. The molecule has 3 heterocycles. The molecule has 0 amide bonds. The Bertz CT molecular complexity index is 1710. The lowest BCUT2D eigenvalue weighted by atomic mass is 9.98. The number of alkyl halides is 3. The van der Waals surface area contributed by atoms with Gasteiger partial charge in [-0.05, 0) is 79.8 Å². The molecule has 7 nitrogen and oxygen atoms in total. The van der Waals surface area contributed by atoms with Crippen LogP contribution in [0.25, 0.3) is 39.5 Å². The third-order valence-corrected chi connectivity index (χ3v) is 6.62. The number of rotatable bonds is 4. The molecule has 1 aliphatic rings. The van der Waals surface area contributed by atoms with Crippen molar-refractivity contribution >= 4 is 0 Å². The molecule has 5 aromatic rings. The number of oxazole rings is 1. The molecule has 1 aliphatic carbocycles. The van der Waals surface area contributed by atoms with Gasteiger partial charge in [-0.25, -0.2) is 4.98 Å². The molecule has 0 saturated heterocycles. The summed E-state index contributed by atoms with van der Waals surface area (Å²) < 4.78 is 48.9. The molecule has 0 fully saturated rings. The van der Waals surface area contributed by atoms with Crippen molar-refractivity contribution in [3.8, 4) is 39.5 Å². The first-order valence-corrected chi connectivity index (χ1v) is 12.0. The van der Waals surface area contributed by atoms with Crippen LogP contribution in [0.1, 0.15) is 28.7 Å². The Morgan fingerprint density at radius 3 is 2.53 bits per heavy atom. The van der Waals surface area contributed by atoms with Gasteiger partial charge in [-0.2, -0.15) is 33.1 Å². The van der Waals surface area contributed by atoms with Crippen LogP contribution in [0.15, 0.2) is 76.5 Å². The zero-order chi connectivity index (χ0) is 26.4. The number of aromatic nitrogens is 5. The van der Waals surface area contributed by atoms with Gasteiger partial charge in [0.15, 0.2) is 12.2 Å². The van der Waals surface area contributed by atoms with E-state index in [1.165, 1.54) is 24.7 Å². The number of benzene rings is 2. The zero-order valence-electron chi connectivity index (χ0n) is 20.2. The van der Waals surface area contributed by atoms with Gasteiger partial charge in [-0.15, -0.1) is 0 Å². The van der Waals surface area contributed by atoms with Crippen molar-refractivity contribution in [2.24, 2.45) is 0 Å². The number of hydrogen-bond donors (Lipinski definition) is 0. The van der Waals surface area contributed by atoms with Crippen LogP contribution in [-0.2, 0) is 19.0 Å². The molecule has 0 bridgehead atoms. The standard InChI is InChI=1S/C28H20F3N5O2/c1-16-10-18(25-14-32-15-38-25)12-19(11-16)26-20-4-2-5-21(20)27(37)36(35-26)24-13-17(23-6-3-9-33-34-23)7-8-22(24)28(29,30)31/h3,6-15H,2,4-5H2,1H3. The first kappa shape index (κ1) is 23.8. The average Bonchev–Trinajstić information content (AvgIpc) is 3.62. The molecule has 10 heteroatoms. The summed E-state index contributed by atoms with van der Waals surface area (Å²) in [5.74, 6) is 0.552. The third-order valence-electron chi connectivity index (χ3n) is 6.62. The SMILES string of the molecule is Cc1cc(-c2cnco2)cc(-c2nn(-c3cc(-c4cccnn4)ccc3C(F)(F)F)c(=O)c3c2CCC3)c1. The molecule has 0 atom stereocenters. The van der Waals surface area contributed by atoms with Crippen LogP contribution < -0.4 is 5.56 Å². The van der Waals surface area contributed by atoms with Crippen LogP contribution in [-0.4, -0.2) is 25.0 Å². The molecule has 3 aromatic heterocycles. The molecule has 2 aromatic carbocycles. The van der Waals surface area contributed by atoms with Crippen molar-refractivity contribution in [3.05, 3.63) is 99.9 Å². The van der Waals surface area contributed by atoms with E-state index in [1.807, 2.05) is 25.1 Å². The van der Waals surface area contributed by atoms with Gasteiger partial charge in [0.05, 0.1) is 28.8 Å². The van der Waals surface area contributed by atoms with Gasteiger partial charge in [0.25, 0.3) is 5.56 Å². The van der Waals surface area contributed by atoms with E-state index in [-0.39, 0.29) is 5.69 Å². The monoisotopic (exact) mass is 515 g/mol. The minimum Gasteiger partial charge on any atom is -0.444 e. The summed E-state index contributed by atoms with van der Waals surface area (Å²) in [6, 6.07) is 12.5. The number of hydrogen-bond acceptors (Lipinski definition) is 6. The number of aryl methyl sites for hydroxylation is 1. The smallest absolute Gasteiger partial charge is 0.418 e. The fourth-order valence-corrected chi connectivity index (χ4v) is 4.95. The Hall–Kier alpha value is -4.60. The predicted octanol–water partition coefficient (Wildman–Crippen LogP) is 5.83. The van der Waals surface area contributed by atoms with E-state index in [0.717, 1.165) is 33.9 Å². The van der Waals surface area contributed by atoms with Gasteiger partial charge in [-0.1, -0.05) is 6.07 Å². The maximum atomic E-state index is 14.2. The Morgan fingerprint density at radius 2 is 1.79 bits per heavy atom. The van der Waals surface area contributed by atoms with Crippen molar-refractivity contribution in [1.82, 2.24) is 25.0 Å². The molecule has 0 unspecified atom stereocenters. The van der Waals surface area contributed by atoms with Crippen LogP contribution in [0.4, 0.5) is 13.2 Å². The largest absolute Gasteiger partial charge is 0.444 e. The molecule has 190 valence electrons. The number of halogens is 3. The second-order valence-electron chi connectivity index (χ2n) is 9.17. The van der Waals surface area contributed by atoms with Crippen LogP contribution in [0.2, 0.25) is 0 Å². The highest BCUT2D eigenvalue weighted by atomic mass is 19.4. The highest BCUT2D eigenvalue weighted by molar-refractivity contribution is 5.73. The van der Waals surface area contributed by atoms with E-state index in [1.54, 1.807) is 18.3 Å². The lowest BCUT2D eigenvalue weighted by molar-refractivity contribution is -0.137. The van der Waals surface area contributed by atoms with Crippen molar-refractivity contribution < 1.29 is 17.6 Å². The molecular weight excluding hydrogens is 495 g/mol. The van der Waals surface area contributed by atoms with Gasteiger partial charge in [0.1, 0.15) is 0 Å². The minimum atomic E-state index is -4.71. The second-order valence-corrected chi connectivity index (χ2v) is 9.17. The Balaban J connectivity index is 1.61. The van der Waals surface area contributed by atoms with E-state index in [4.69, 9.17) is 4.42 Å².